The largest absolute Gasteiger partial charge is 0.298 e. The Morgan fingerprint density at radius 3 is 2.65 bits per heavy atom. The number of carbonyl (C=O) groups excluding carboxylic acids is 1. The molecule has 7 heteroatoms. The number of nitrogens with zero attached hydrogens (tertiary/aromatic N) is 2. The predicted molar refractivity (Wildman–Crippen MR) is 69.3 cm³/mol. The van der Waals surface area contributed by atoms with Crippen molar-refractivity contribution in [2.45, 2.75) is 0 Å². The monoisotopic (exact) mass is 380 g/mol. The number of rotatable bonds is 2. The summed E-state index contributed by atoms with van der Waals surface area (Å²) in [4.78, 5) is 10.8. The first-order valence-electron chi connectivity index (χ1n) is 4.39. The molecule has 0 radical (unpaired) electrons. The zero-order chi connectivity index (χ0) is 12.6. The summed E-state index contributed by atoms with van der Waals surface area (Å²) in [7, 11) is 0. The lowest BCUT2D eigenvalue weighted by atomic mass is 10.3. The summed E-state index contributed by atoms with van der Waals surface area (Å²) in [5.41, 5.74) is 0.933. The normalized spacial score (nSPS) is 10.6. The van der Waals surface area contributed by atoms with Crippen molar-refractivity contribution < 1.29 is 9.18 Å². The van der Waals surface area contributed by atoms with Crippen LogP contribution in [0, 0.1) is 5.82 Å². The van der Waals surface area contributed by atoms with Crippen LogP contribution in [0.25, 0.3) is 5.69 Å². The van der Waals surface area contributed by atoms with Crippen molar-refractivity contribution in [3.05, 3.63) is 43.8 Å². The van der Waals surface area contributed by atoms with Crippen LogP contribution in [0.4, 0.5) is 4.39 Å². The maximum Gasteiger partial charge on any atom is 0.155 e. The molecule has 0 saturated carbocycles. The number of halogens is 4. The van der Waals surface area contributed by atoms with Crippen molar-refractivity contribution in [3.8, 4) is 5.69 Å². The Morgan fingerprint density at radius 2 is 2.12 bits per heavy atom. The second-order valence-corrected chi connectivity index (χ2v) is 5.03. The molecular formula is C10H4Br2ClFN2O. The number of hydrogen-bond acceptors (Lipinski definition) is 2. The molecule has 0 spiro atoms. The van der Waals surface area contributed by atoms with Gasteiger partial charge in [0.2, 0.25) is 0 Å². The van der Waals surface area contributed by atoms with E-state index in [-0.39, 0.29) is 5.02 Å². The summed E-state index contributed by atoms with van der Waals surface area (Å²) < 4.78 is 15.3. The van der Waals surface area contributed by atoms with Gasteiger partial charge in [0.15, 0.2) is 6.29 Å². The second-order valence-electron chi connectivity index (χ2n) is 3.12. The molecule has 1 aromatic heterocycles. The maximum atomic E-state index is 13.0. The molecule has 17 heavy (non-hydrogen) atoms. The zero-order valence-electron chi connectivity index (χ0n) is 8.12. The number of carbonyl (C=O) groups is 1. The molecule has 1 aromatic carbocycles. The molecule has 0 fully saturated rings. The topological polar surface area (TPSA) is 34.9 Å². The lowest BCUT2D eigenvalue weighted by Gasteiger charge is -2.04. The van der Waals surface area contributed by atoms with Crippen LogP contribution in [-0.4, -0.2) is 16.1 Å². The first kappa shape index (κ1) is 12.7. The Labute approximate surface area is 118 Å². The van der Waals surface area contributed by atoms with Crippen LogP contribution < -0.4 is 0 Å². The van der Waals surface area contributed by atoms with Crippen LogP contribution >= 0.6 is 43.5 Å². The molecule has 3 nitrogen and oxygen atoms in total. The van der Waals surface area contributed by atoms with E-state index in [0.717, 1.165) is 0 Å². The van der Waals surface area contributed by atoms with Gasteiger partial charge in [0.05, 0.1) is 16.3 Å². The van der Waals surface area contributed by atoms with Crippen molar-refractivity contribution in [1.82, 2.24) is 9.78 Å². The van der Waals surface area contributed by atoms with Crippen LogP contribution in [-0.2, 0) is 0 Å². The first-order valence-corrected chi connectivity index (χ1v) is 6.35. The van der Waals surface area contributed by atoms with Gasteiger partial charge >= 0.3 is 0 Å². The molecule has 0 atom stereocenters. The standard InChI is InChI=1S/C10H4Br2ClFN2O/c11-9-6(4-17)10(12)16(15-9)5-1-2-8(14)7(13)3-5/h1-4H. The van der Waals surface area contributed by atoms with Crippen LogP contribution in [0.5, 0.6) is 0 Å². The highest BCUT2D eigenvalue weighted by molar-refractivity contribution is 9.11. The quantitative estimate of drug-likeness (QED) is 0.736. The molecule has 0 amide bonds. The van der Waals surface area contributed by atoms with Crippen molar-refractivity contribution in [1.29, 1.82) is 0 Å². The number of aldehydes is 1. The molecule has 0 aliphatic rings. The molecule has 0 aliphatic heterocycles. The Hall–Kier alpha value is -0.720. The minimum Gasteiger partial charge on any atom is -0.298 e. The summed E-state index contributed by atoms with van der Waals surface area (Å²) >= 11 is 12.1. The van der Waals surface area contributed by atoms with Gasteiger partial charge in [-0.05, 0) is 50.1 Å². The molecule has 2 aromatic rings. The fraction of sp³-hybridized carbons (Fsp3) is 0. The molecule has 0 saturated heterocycles. The minimum absolute atomic E-state index is 0.00586. The molecule has 1 heterocycles. The van der Waals surface area contributed by atoms with E-state index in [9.17, 15) is 9.18 Å². The van der Waals surface area contributed by atoms with E-state index in [4.69, 9.17) is 11.6 Å². The third kappa shape index (κ3) is 2.29. The average Bonchev–Trinajstić information content (AvgIpc) is 2.58. The molecule has 88 valence electrons. The molecule has 0 bridgehead atoms. The van der Waals surface area contributed by atoms with Crippen molar-refractivity contribution in [2.24, 2.45) is 0 Å². The van der Waals surface area contributed by atoms with E-state index in [1.807, 2.05) is 0 Å². The molecule has 0 N–H and O–H groups in total. The van der Waals surface area contributed by atoms with Gasteiger partial charge < -0.3 is 0 Å². The minimum atomic E-state index is -0.506. The lowest BCUT2D eigenvalue weighted by molar-refractivity contribution is 0.112. The summed E-state index contributed by atoms with van der Waals surface area (Å²) in [6.07, 6.45) is 0.669. The SMILES string of the molecule is O=Cc1c(Br)nn(-c2ccc(F)c(Cl)c2)c1Br. The summed E-state index contributed by atoms with van der Waals surface area (Å²) in [6.45, 7) is 0. The van der Waals surface area contributed by atoms with E-state index < -0.39 is 5.82 Å². The highest BCUT2D eigenvalue weighted by Crippen LogP contribution is 2.27. The summed E-state index contributed by atoms with van der Waals surface area (Å²) in [5, 5.41) is 4.09. The highest BCUT2D eigenvalue weighted by Gasteiger charge is 2.15. The van der Waals surface area contributed by atoms with Gasteiger partial charge in [0, 0.05) is 0 Å². The number of benzene rings is 1. The van der Waals surface area contributed by atoms with Gasteiger partial charge in [-0.3, -0.25) is 4.79 Å². The molecule has 0 aliphatic carbocycles. The fourth-order valence-corrected chi connectivity index (χ4v) is 2.72. The van der Waals surface area contributed by atoms with Gasteiger partial charge in [0.1, 0.15) is 15.0 Å². The van der Waals surface area contributed by atoms with E-state index in [2.05, 4.69) is 37.0 Å². The molecular weight excluding hydrogens is 378 g/mol. The van der Waals surface area contributed by atoms with E-state index in [0.29, 0.717) is 26.7 Å². The second kappa shape index (κ2) is 4.88. The van der Waals surface area contributed by atoms with Crippen LogP contribution in [0.15, 0.2) is 27.4 Å². The smallest absolute Gasteiger partial charge is 0.155 e. The van der Waals surface area contributed by atoms with Crippen molar-refractivity contribution >= 4 is 49.7 Å². The van der Waals surface area contributed by atoms with Gasteiger partial charge in [0.25, 0.3) is 0 Å². The third-order valence-electron chi connectivity index (χ3n) is 2.08. The predicted octanol–water partition coefficient (Wildman–Crippen LogP) is 4.00. The van der Waals surface area contributed by atoms with E-state index in [1.165, 1.54) is 22.9 Å². The Balaban J connectivity index is 2.60. The number of aromatic nitrogens is 2. The third-order valence-corrected chi connectivity index (χ3v) is 3.72. The van der Waals surface area contributed by atoms with Gasteiger partial charge in [-0.2, -0.15) is 5.10 Å². The zero-order valence-corrected chi connectivity index (χ0v) is 12.1. The highest BCUT2D eigenvalue weighted by atomic mass is 79.9. The molecule has 0 unspecified atom stereocenters. The van der Waals surface area contributed by atoms with Gasteiger partial charge in [-0.15, -0.1) is 0 Å². The Kier molecular flexibility index (Phi) is 3.65. The fourth-order valence-electron chi connectivity index (χ4n) is 1.27. The van der Waals surface area contributed by atoms with Crippen molar-refractivity contribution in [2.75, 3.05) is 0 Å². The lowest BCUT2D eigenvalue weighted by Crippen LogP contribution is -1.97. The molecule has 2 rings (SSSR count). The van der Waals surface area contributed by atoms with Crippen LogP contribution in [0.1, 0.15) is 10.4 Å². The van der Waals surface area contributed by atoms with Gasteiger partial charge in [-0.1, -0.05) is 11.6 Å². The van der Waals surface area contributed by atoms with Crippen molar-refractivity contribution in [3.63, 3.8) is 0 Å². The van der Waals surface area contributed by atoms with Crippen LogP contribution in [0.2, 0.25) is 5.02 Å². The first-order chi connectivity index (χ1) is 8.04. The summed E-state index contributed by atoms with van der Waals surface area (Å²) in [6, 6.07) is 4.18. The Bertz CT molecular complexity index is 600. The average molecular weight is 382 g/mol. The number of hydrogen-bond donors (Lipinski definition) is 0. The maximum absolute atomic E-state index is 13.0. The van der Waals surface area contributed by atoms with E-state index >= 15 is 0 Å². The van der Waals surface area contributed by atoms with Crippen LogP contribution in [0.3, 0.4) is 0 Å². The van der Waals surface area contributed by atoms with E-state index in [1.54, 1.807) is 0 Å². The Morgan fingerprint density at radius 1 is 1.41 bits per heavy atom. The summed E-state index contributed by atoms with van der Waals surface area (Å²) in [5.74, 6) is -0.506. The van der Waals surface area contributed by atoms with Gasteiger partial charge in [-0.25, -0.2) is 9.07 Å².